The number of benzene rings is 1. The Bertz CT molecular complexity index is 791. The SMILES string of the molecule is CCCC1CCC2CC(C3CCC(C(=O)Oc4ccc(OC(F)F)cc4F)CC3)CCC2C1. The maximum atomic E-state index is 14.1. The van der Waals surface area contributed by atoms with Crippen molar-refractivity contribution in [2.75, 3.05) is 0 Å². The second kappa shape index (κ2) is 11.1. The fourth-order valence-corrected chi connectivity index (χ4v) is 6.88. The standard InChI is InChI=1S/C27H37F3O3/c1-2-3-17-4-5-22-15-21(11-10-20(22)14-17)18-6-8-19(9-7-18)26(31)33-25-13-12-23(16-24(25)28)32-27(29)30/h12-13,16-22,27H,2-11,14-15H2,1H3. The van der Waals surface area contributed by atoms with Gasteiger partial charge in [0.25, 0.3) is 0 Å². The van der Waals surface area contributed by atoms with Crippen LogP contribution in [0.3, 0.4) is 0 Å². The molecular weight excluding hydrogens is 429 g/mol. The van der Waals surface area contributed by atoms with Crippen LogP contribution in [-0.2, 0) is 4.79 Å². The number of halogens is 3. The fourth-order valence-electron chi connectivity index (χ4n) is 6.88. The number of hydrogen-bond donors (Lipinski definition) is 0. The molecule has 0 N–H and O–H groups in total. The van der Waals surface area contributed by atoms with Gasteiger partial charge in [0.1, 0.15) is 5.75 Å². The minimum Gasteiger partial charge on any atom is -0.435 e. The molecule has 4 rings (SSSR count). The summed E-state index contributed by atoms with van der Waals surface area (Å²) in [7, 11) is 0. The van der Waals surface area contributed by atoms with E-state index in [-0.39, 0.29) is 17.4 Å². The van der Waals surface area contributed by atoms with Gasteiger partial charge in [-0.15, -0.1) is 0 Å². The van der Waals surface area contributed by atoms with Crippen LogP contribution in [-0.4, -0.2) is 12.6 Å². The van der Waals surface area contributed by atoms with Crippen LogP contribution < -0.4 is 9.47 Å². The lowest BCUT2D eigenvalue weighted by Gasteiger charge is -2.45. The van der Waals surface area contributed by atoms with Crippen LogP contribution in [0.5, 0.6) is 11.5 Å². The molecule has 3 aliphatic rings. The third kappa shape index (κ3) is 6.24. The average molecular weight is 467 g/mol. The van der Waals surface area contributed by atoms with E-state index in [1.54, 1.807) is 0 Å². The Morgan fingerprint density at radius 3 is 2.24 bits per heavy atom. The number of alkyl halides is 2. The molecule has 0 aliphatic heterocycles. The van der Waals surface area contributed by atoms with Crippen LogP contribution in [0.4, 0.5) is 13.2 Å². The molecule has 0 radical (unpaired) electrons. The van der Waals surface area contributed by atoms with Crippen molar-refractivity contribution in [3.63, 3.8) is 0 Å². The topological polar surface area (TPSA) is 35.5 Å². The second-order valence-corrected chi connectivity index (χ2v) is 10.6. The highest BCUT2D eigenvalue weighted by Crippen LogP contribution is 2.49. The van der Waals surface area contributed by atoms with Crippen molar-refractivity contribution in [1.29, 1.82) is 0 Å². The maximum Gasteiger partial charge on any atom is 0.387 e. The van der Waals surface area contributed by atoms with Crippen LogP contribution in [0.25, 0.3) is 0 Å². The quantitative estimate of drug-likeness (QED) is 0.304. The predicted molar refractivity (Wildman–Crippen MR) is 121 cm³/mol. The van der Waals surface area contributed by atoms with Gasteiger partial charge in [-0.3, -0.25) is 4.79 Å². The molecule has 3 nitrogen and oxygen atoms in total. The normalized spacial score (nSPS) is 32.3. The van der Waals surface area contributed by atoms with Gasteiger partial charge in [0.15, 0.2) is 11.6 Å². The fraction of sp³-hybridized carbons (Fsp3) is 0.741. The molecule has 0 aromatic heterocycles. The first-order valence-electron chi connectivity index (χ1n) is 12.9. The van der Waals surface area contributed by atoms with Gasteiger partial charge in [-0.2, -0.15) is 8.78 Å². The molecule has 33 heavy (non-hydrogen) atoms. The minimum absolute atomic E-state index is 0.224. The van der Waals surface area contributed by atoms with Crippen LogP contribution in [0.2, 0.25) is 0 Å². The maximum absolute atomic E-state index is 14.1. The van der Waals surface area contributed by atoms with Crippen LogP contribution >= 0.6 is 0 Å². The molecule has 0 saturated heterocycles. The molecule has 0 bridgehead atoms. The number of fused-ring (bicyclic) bond motifs is 1. The molecule has 1 aromatic carbocycles. The van der Waals surface area contributed by atoms with Crippen LogP contribution in [0.1, 0.15) is 84.0 Å². The zero-order chi connectivity index (χ0) is 23.4. The number of ether oxygens (including phenoxy) is 2. The smallest absolute Gasteiger partial charge is 0.387 e. The molecule has 3 fully saturated rings. The number of carbonyl (C=O) groups excluding carboxylic acids is 1. The summed E-state index contributed by atoms with van der Waals surface area (Å²) in [6.07, 6.45) is 14.6. The molecule has 3 aliphatic carbocycles. The first-order valence-corrected chi connectivity index (χ1v) is 12.9. The van der Waals surface area contributed by atoms with Crippen molar-refractivity contribution in [3.8, 4) is 11.5 Å². The molecule has 0 spiro atoms. The Morgan fingerprint density at radius 2 is 1.58 bits per heavy atom. The van der Waals surface area contributed by atoms with Gasteiger partial charge >= 0.3 is 12.6 Å². The molecule has 0 heterocycles. The van der Waals surface area contributed by atoms with E-state index in [9.17, 15) is 18.0 Å². The molecule has 1 aromatic rings. The van der Waals surface area contributed by atoms with Crippen molar-refractivity contribution in [1.82, 2.24) is 0 Å². The van der Waals surface area contributed by atoms with E-state index in [1.807, 2.05) is 0 Å². The van der Waals surface area contributed by atoms with Crippen molar-refractivity contribution in [3.05, 3.63) is 24.0 Å². The summed E-state index contributed by atoms with van der Waals surface area (Å²) in [5.74, 6) is 2.21. The lowest BCUT2D eigenvalue weighted by molar-refractivity contribution is -0.140. The highest BCUT2D eigenvalue weighted by molar-refractivity contribution is 5.75. The largest absolute Gasteiger partial charge is 0.435 e. The van der Waals surface area contributed by atoms with Gasteiger partial charge in [0.05, 0.1) is 5.92 Å². The third-order valence-electron chi connectivity index (χ3n) is 8.57. The van der Waals surface area contributed by atoms with Gasteiger partial charge in [-0.05, 0) is 99.5 Å². The monoisotopic (exact) mass is 466 g/mol. The first-order chi connectivity index (χ1) is 15.9. The molecule has 3 saturated carbocycles. The highest BCUT2D eigenvalue weighted by Gasteiger charge is 2.39. The van der Waals surface area contributed by atoms with Gasteiger partial charge in [-0.1, -0.05) is 26.2 Å². The Morgan fingerprint density at radius 1 is 0.939 bits per heavy atom. The Labute approximate surface area is 195 Å². The second-order valence-electron chi connectivity index (χ2n) is 10.6. The molecule has 4 unspecified atom stereocenters. The van der Waals surface area contributed by atoms with Gasteiger partial charge in [0.2, 0.25) is 0 Å². The van der Waals surface area contributed by atoms with E-state index < -0.39 is 18.4 Å². The number of carbonyl (C=O) groups is 1. The van der Waals surface area contributed by atoms with Gasteiger partial charge in [0, 0.05) is 6.07 Å². The first kappa shape index (κ1) is 24.4. The van der Waals surface area contributed by atoms with E-state index in [0.29, 0.717) is 5.92 Å². The highest BCUT2D eigenvalue weighted by atomic mass is 19.3. The van der Waals surface area contributed by atoms with E-state index in [0.717, 1.165) is 55.4 Å². The molecule has 4 atom stereocenters. The number of rotatable bonds is 7. The summed E-state index contributed by atoms with van der Waals surface area (Å²) in [6, 6.07) is 3.17. The van der Waals surface area contributed by atoms with Crippen molar-refractivity contribution in [2.24, 2.45) is 35.5 Å². The molecule has 6 heteroatoms. The summed E-state index contributed by atoms with van der Waals surface area (Å²) in [6.45, 7) is -0.730. The number of hydrogen-bond acceptors (Lipinski definition) is 3. The Hall–Kier alpha value is -1.72. The zero-order valence-corrected chi connectivity index (χ0v) is 19.6. The summed E-state index contributed by atoms with van der Waals surface area (Å²) in [5, 5.41) is 0. The number of esters is 1. The summed E-state index contributed by atoms with van der Waals surface area (Å²) in [4.78, 5) is 12.6. The Balaban J connectivity index is 1.23. The van der Waals surface area contributed by atoms with Crippen molar-refractivity contribution >= 4 is 5.97 Å². The molecular formula is C27H37F3O3. The van der Waals surface area contributed by atoms with Crippen LogP contribution in [0.15, 0.2) is 18.2 Å². The third-order valence-corrected chi connectivity index (χ3v) is 8.57. The zero-order valence-electron chi connectivity index (χ0n) is 19.6. The summed E-state index contributed by atoms with van der Waals surface area (Å²) < 4.78 is 48.1. The van der Waals surface area contributed by atoms with Gasteiger partial charge in [-0.25, -0.2) is 4.39 Å². The molecule has 184 valence electrons. The minimum atomic E-state index is -3.03. The van der Waals surface area contributed by atoms with Crippen LogP contribution in [0, 0.1) is 41.3 Å². The Kier molecular flexibility index (Phi) is 8.24. The lowest BCUT2D eigenvalue weighted by atomic mass is 9.60. The summed E-state index contributed by atoms with van der Waals surface area (Å²) in [5.41, 5.74) is 0. The van der Waals surface area contributed by atoms with E-state index in [1.165, 1.54) is 63.5 Å². The van der Waals surface area contributed by atoms with E-state index in [4.69, 9.17) is 4.74 Å². The van der Waals surface area contributed by atoms with Crippen molar-refractivity contribution < 1.29 is 27.4 Å². The average Bonchev–Trinajstić information content (AvgIpc) is 2.80. The summed E-state index contributed by atoms with van der Waals surface area (Å²) >= 11 is 0. The van der Waals surface area contributed by atoms with E-state index in [2.05, 4.69) is 11.7 Å². The van der Waals surface area contributed by atoms with Gasteiger partial charge < -0.3 is 9.47 Å². The molecule has 0 amide bonds. The predicted octanol–water partition coefficient (Wildman–Crippen LogP) is 7.77. The van der Waals surface area contributed by atoms with E-state index >= 15 is 0 Å². The van der Waals surface area contributed by atoms with Crippen molar-refractivity contribution in [2.45, 2.75) is 90.6 Å². The lowest BCUT2D eigenvalue weighted by Crippen LogP contribution is -2.35.